The van der Waals surface area contributed by atoms with Crippen LogP contribution in [0.3, 0.4) is 0 Å². The number of nitrogens with one attached hydrogen (secondary N) is 1. The van der Waals surface area contributed by atoms with E-state index >= 15 is 0 Å². The summed E-state index contributed by atoms with van der Waals surface area (Å²) in [7, 11) is 2.09. The molecular weight excluding hydrogens is 342 g/mol. The van der Waals surface area contributed by atoms with Gasteiger partial charge in [-0.25, -0.2) is 0 Å². The number of carbonyl (C=O) groups excluding carboxylic acids is 1. The highest BCUT2D eigenvalue weighted by Gasteiger charge is 2.35. The van der Waals surface area contributed by atoms with E-state index in [9.17, 15) is 4.79 Å². The third-order valence-electron chi connectivity index (χ3n) is 5.54. The molecule has 2 unspecified atom stereocenters. The molecule has 1 aliphatic carbocycles. The Kier molecular flexibility index (Phi) is 6.63. The lowest BCUT2D eigenvalue weighted by Crippen LogP contribution is -2.36. The Morgan fingerprint density at radius 3 is 2.58 bits per heavy atom. The molecule has 1 aliphatic heterocycles. The second kappa shape index (κ2) is 8.94. The minimum Gasteiger partial charge on any atom is -0.350 e. The lowest BCUT2D eigenvalue weighted by molar-refractivity contribution is -0.117. The quantitative estimate of drug-likeness (QED) is 0.813. The van der Waals surface area contributed by atoms with E-state index in [4.69, 9.17) is 4.99 Å². The molecule has 2 atom stereocenters. The van der Waals surface area contributed by atoms with Crippen LogP contribution in [0.25, 0.3) is 0 Å². The number of aliphatic imine (C=N–C) groups is 1. The van der Waals surface area contributed by atoms with Crippen molar-refractivity contribution in [2.45, 2.75) is 76.1 Å². The largest absolute Gasteiger partial charge is 0.350 e. The first-order valence-corrected chi connectivity index (χ1v) is 10.8. The fraction of sp³-hybridized carbons (Fsp3) is 0.619. The van der Waals surface area contributed by atoms with E-state index in [1.165, 1.54) is 37.7 Å². The van der Waals surface area contributed by atoms with Crippen molar-refractivity contribution >= 4 is 28.5 Å². The van der Waals surface area contributed by atoms with Crippen LogP contribution in [0.15, 0.2) is 29.3 Å². The highest BCUT2D eigenvalue weighted by Crippen LogP contribution is 2.34. The Morgan fingerprint density at radius 1 is 1.23 bits per heavy atom. The normalized spacial score (nSPS) is 25.7. The van der Waals surface area contributed by atoms with Crippen molar-refractivity contribution in [1.82, 2.24) is 4.90 Å². The molecule has 1 aromatic rings. The van der Waals surface area contributed by atoms with E-state index < -0.39 is 0 Å². The predicted octanol–water partition coefficient (Wildman–Crippen LogP) is 4.70. The van der Waals surface area contributed by atoms with Crippen LogP contribution in [0.5, 0.6) is 0 Å². The van der Waals surface area contributed by atoms with E-state index in [2.05, 4.69) is 43.2 Å². The van der Waals surface area contributed by atoms with Gasteiger partial charge in [0.05, 0.1) is 12.1 Å². The summed E-state index contributed by atoms with van der Waals surface area (Å²) < 4.78 is 0. The number of rotatable bonds is 5. The summed E-state index contributed by atoms with van der Waals surface area (Å²) in [5, 5.41) is 4.55. The van der Waals surface area contributed by atoms with Crippen LogP contribution in [0, 0.1) is 0 Å². The fourth-order valence-corrected chi connectivity index (χ4v) is 5.08. The van der Waals surface area contributed by atoms with Gasteiger partial charge in [-0.05, 0) is 37.0 Å². The van der Waals surface area contributed by atoms with Crippen molar-refractivity contribution in [1.29, 1.82) is 0 Å². The summed E-state index contributed by atoms with van der Waals surface area (Å²) in [4.78, 5) is 19.8. The highest BCUT2D eigenvalue weighted by molar-refractivity contribution is 8.14. The number of carbonyl (C=O) groups is 1. The molecule has 0 spiro atoms. The zero-order chi connectivity index (χ0) is 18.5. The fourth-order valence-electron chi connectivity index (χ4n) is 3.80. The maximum absolute atomic E-state index is 12.5. The second-order valence-corrected chi connectivity index (χ2v) is 8.85. The average molecular weight is 374 g/mol. The van der Waals surface area contributed by atoms with Crippen LogP contribution >= 0.6 is 11.8 Å². The van der Waals surface area contributed by atoms with Crippen LogP contribution in [0.1, 0.15) is 57.9 Å². The van der Waals surface area contributed by atoms with Gasteiger partial charge < -0.3 is 10.2 Å². The summed E-state index contributed by atoms with van der Waals surface area (Å²) in [6, 6.07) is 8.81. The van der Waals surface area contributed by atoms with Gasteiger partial charge in [0.15, 0.2) is 5.17 Å². The van der Waals surface area contributed by atoms with Crippen molar-refractivity contribution in [2.75, 3.05) is 12.4 Å². The first kappa shape index (κ1) is 19.3. The molecule has 1 saturated carbocycles. The van der Waals surface area contributed by atoms with Crippen LogP contribution in [0.4, 0.5) is 5.69 Å². The van der Waals surface area contributed by atoms with Crippen molar-refractivity contribution in [3.05, 3.63) is 29.8 Å². The Hall–Kier alpha value is -1.49. The number of aryl methyl sites for hydroxylation is 1. The summed E-state index contributed by atoms with van der Waals surface area (Å²) in [6.45, 7) is 4.34. The first-order chi connectivity index (χ1) is 12.6. The third kappa shape index (κ3) is 4.81. The Labute approximate surface area is 161 Å². The number of hydrogen-bond acceptors (Lipinski definition) is 3. The molecule has 0 radical (unpaired) electrons. The number of hydrogen-bond donors (Lipinski definition) is 1. The van der Waals surface area contributed by atoms with Crippen LogP contribution < -0.4 is 5.32 Å². The summed E-state index contributed by atoms with van der Waals surface area (Å²) in [5.41, 5.74) is 2.16. The van der Waals surface area contributed by atoms with Gasteiger partial charge in [-0.2, -0.15) is 0 Å². The minimum atomic E-state index is 0.0810. The highest BCUT2D eigenvalue weighted by atomic mass is 32.2. The van der Waals surface area contributed by atoms with Gasteiger partial charge in [-0.15, -0.1) is 0 Å². The first-order valence-electron chi connectivity index (χ1n) is 9.93. The van der Waals surface area contributed by atoms with E-state index in [1.807, 2.05) is 23.9 Å². The van der Waals surface area contributed by atoms with Gasteiger partial charge >= 0.3 is 0 Å². The zero-order valence-electron chi connectivity index (χ0n) is 16.2. The zero-order valence-corrected chi connectivity index (χ0v) is 17.0. The molecule has 1 saturated heterocycles. The monoisotopic (exact) mass is 373 g/mol. The minimum absolute atomic E-state index is 0.0810. The van der Waals surface area contributed by atoms with Gasteiger partial charge in [-0.1, -0.05) is 57.0 Å². The molecule has 0 bridgehead atoms. The maximum Gasteiger partial charge on any atom is 0.226 e. The molecule has 1 amide bonds. The number of nitrogens with zero attached hydrogens (tertiary/aromatic N) is 2. The lowest BCUT2D eigenvalue weighted by Gasteiger charge is -2.24. The second-order valence-electron chi connectivity index (χ2n) is 7.51. The van der Waals surface area contributed by atoms with Gasteiger partial charge in [0.2, 0.25) is 5.91 Å². The van der Waals surface area contributed by atoms with Crippen molar-refractivity contribution < 1.29 is 4.79 Å². The molecule has 2 fully saturated rings. The van der Waals surface area contributed by atoms with E-state index in [1.54, 1.807) is 0 Å². The van der Waals surface area contributed by atoms with Crippen LogP contribution in [-0.4, -0.2) is 40.4 Å². The van der Waals surface area contributed by atoms with Crippen LogP contribution in [-0.2, 0) is 11.2 Å². The topological polar surface area (TPSA) is 44.7 Å². The number of amides is 1. The SMILES string of the molecule is CCc1ccc(NC(=O)CC2C(C)SC(=NC3CCCCC3)N2C)cc1. The summed E-state index contributed by atoms with van der Waals surface area (Å²) in [6.07, 6.45) is 7.89. The predicted molar refractivity (Wildman–Crippen MR) is 112 cm³/mol. The third-order valence-corrected chi connectivity index (χ3v) is 6.83. The maximum atomic E-state index is 12.5. The average Bonchev–Trinajstić information content (AvgIpc) is 2.90. The van der Waals surface area contributed by atoms with Crippen molar-refractivity contribution in [3.63, 3.8) is 0 Å². The molecule has 1 heterocycles. The molecular formula is C21H31N3OS. The van der Waals surface area contributed by atoms with Gasteiger partial charge in [0.25, 0.3) is 0 Å². The molecule has 4 nitrogen and oxygen atoms in total. The molecule has 1 N–H and O–H groups in total. The molecule has 26 heavy (non-hydrogen) atoms. The molecule has 142 valence electrons. The Morgan fingerprint density at radius 2 is 1.92 bits per heavy atom. The molecule has 2 aliphatic rings. The molecule has 0 aromatic heterocycles. The summed E-state index contributed by atoms with van der Waals surface area (Å²) >= 11 is 1.82. The lowest BCUT2D eigenvalue weighted by atomic mass is 9.96. The van der Waals surface area contributed by atoms with Gasteiger partial charge in [0.1, 0.15) is 0 Å². The van der Waals surface area contributed by atoms with Gasteiger partial charge in [0, 0.05) is 24.4 Å². The molecule has 3 rings (SSSR count). The summed E-state index contributed by atoms with van der Waals surface area (Å²) in [5.74, 6) is 0.0810. The molecule has 1 aromatic carbocycles. The Balaban J connectivity index is 1.57. The standard InChI is InChI=1S/C21H31N3OS/c1-4-16-10-12-18(13-11-16)22-20(25)14-19-15(2)26-21(24(19)3)23-17-8-6-5-7-9-17/h10-13,15,17,19H,4-9,14H2,1-3H3,(H,22,25). The number of thioether (sulfide) groups is 1. The molecule has 5 heteroatoms. The van der Waals surface area contributed by atoms with Crippen LogP contribution in [0.2, 0.25) is 0 Å². The van der Waals surface area contributed by atoms with E-state index in [-0.39, 0.29) is 11.9 Å². The van der Waals surface area contributed by atoms with E-state index in [0.717, 1.165) is 17.3 Å². The van der Waals surface area contributed by atoms with Crippen molar-refractivity contribution in [3.8, 4) is 0 Å². The smallest absolute Gasteiger partial charge is 0.226 e. The van der Waals surface area contributed by atoms with Gasteiger partial charge in [-0.3, -0.25) is 9.79 Å². The number of benzene rings is 1. The Bertz CT molecular complexity index is 637. The number of anilines is 1. The van der Waals surface area contributed by atoms with E-state index in [0.29, 0.717) is 17.7 Å². The number of amidine groups is 1. The van der Waals surface area contributed by atoms with Crippen molar-refractivity contribution in [2.24, 2.45) is 4.99 Å².